The van der Waals surface area contributed by atoms with Crippen molar-refractivity contribution in [2.24, 2.45) is 5.92 Å². The van der Waals surface area contributed by atoms with E-state index < -0.39 is 0 Å². The molecule has 0 aromatic heterocycles. The van der Waals surface area contributed by atoms with Gasteiger partial charge in [-0.3, -0.25) is 4.90 Å². The fraction of sp³-hybridized carbons (Fsp3) is 0.625. The van der Waals surface area contributed by atoms with Crippen molar-refractivity contribution < 1.29 is 5.11 Å². The van der Waals surface area contributed by atoms with E-state index in [1.165, 1.54) is 18.4 Å². The molecule has 1 aliphatic heterocycles. The number of hydrogen-bond acceptors (Lipinski definition) is 3. The van der Waals surface area contributed by atoms with Crippen molar-refractivity contribution in [3.8, 4) is 0 Å². The highest BCUT2D eigenvalue weighted by Gasteiger charge is 2.32. The third kappa shape index (κ3) is 3.56. The molecule has 1 aromatic rings. The first kappa shape index (κ1) is 13.1. The molecule has 0 radical (unpaired) electrons. The van der Waals surface area contributed by atoms with E-state index in [0.29, 0.717) is 18.6 Å². The summed E-state index contributed by atoms with van der Waals surface area (Å²) in [4.78, 5) is 2.47. The molecule has 3 rings (SSSR count). The molecule has 2 atom stereocenters. The molecular formula is C16H24N2O. The van der Waals surface area contributed by atoms with Gasteiger partial charge in [-0.25, -0.2) is 0 Å². The average Bonchev–Trinajstić information content (AvgIpc) is 3.26. The number of hydrogen-bond donors (Lipinski definition) is 2. The van der Waals surface area contributed by atoms with Crippen molar-refractivity contribution in [2.45, 2.75) is 37.9 Å². The van der Waals surface area contributed by atoms with Gasteiger partial charge in [-0.05, 0) is 31.4 Å². The van der Waals surface area contributed by atoms with Crippen LogP contribution in [0.4, 0.5) is 0 Å². The molecule has 1 saturated heterocycles. The lowest BCUT2D eigenvalue weighted by Gasteiger charge is -2.38. The van der Waals surface area contributed by atoms with Crippen LogP contribution in [0, 0.1) is 5.92 Å². The van der Waals surface area contributed by atoms with Crippen LogP contribution in [0.3, 0.4) is 0 Å². The van der Waals surface area contributed by atoms with Crippen molar-refractivity contribution in [1.29, 1.82) is 0 Å². The quantitative estimate of drug-likeness (QED) is 0.844. The van der Waals surface area contributed by atoms with Gasteiger partial charge in [0.25, 0.3) is 0 Å². The number of aliphatic hydroxyl groups is 1. The van der Waals surface area contributed by atoms with Crippen LogP contribution >= 0.6 is 0 Å². The van der Waals surface area contributed by atoms with Gasteiger partial charge < -0.3 is 10.4 Å². The van der Waals surface area contributed by atoms with Crippen LogP contribution in [0.1, 0.15) is 24.8 Å². The van der Waals surface area contributed by atoms with E-state index in [1.807, 2.05) is 0 Å². The van der Waals surface area contributed by atoms with E-state index in [-0.39, 0.29) is 0 Å². The number of rotatable bonds is 5. The van der Waals surface area contributed by atoms with Crippen LogP contribution in [-0.2, 0) is 6.54 Å². The summed E-state index contributed by atoms with van der Waals surface area (Å²) in [5, 5.41) is 13.3. The zero-order valence-electron chi connectivity index (χ0n) is 11.5. The number of nitrogens with zero attached hydrogens (tertiary/aromatic N) is 1. The van der Waals surface area contributed by atoms with E-state index in [4.69, 9.17) is 0 Å². The van der Waals surface area contributed by atoms with Gasteiger partial charge >= 0.3 is 0 Å². The molecule has 2 fully saturated rings. The second kappa shape index (κ2) is 6.04. The molecule has 1 heterocycles. The summed E-state index contributed by atoms with van der Waals surface area (Å²) in [5.41, 5.74) is 1.37. The number of benzene rings is 1. The normalized spacial score (nSPS) is 28.5. The molecule has 3 heteroatoms. The highest BCUT2D eigenvalue weighted by atomic mass is 16.3. The Morgan fingerprint density at radius 2 is 1.95 bits per heavy atom. The van der Waals surface area contributed by atoms with Gasteiger partial charge in [0, 0.05) is 37.7 Å². The molecule has 0 bridgehead atoms. The number of piperidine rings is 1. The van der Waals surface area contributed by atoms with Gasteiger partial charge in [0.05, 0.1) is 0 Å². The Bertz CT molecular complexity index is 391. The average molecular weight is 260 g/mol. The molecule has 1 aliphatic carbocycles. The van der Waals surface area contributed by atoms with Gasteiger partial charge in [-0.2, -0.15) is 0 Å². The molecule has 104 valence electrons. The van der Waals surface area contributed by atoms with E-state index >= 15 is 0 Å². The van der Waals surface area contributed by atoms with Crippen molar-refractivity contribution >= 4 is 0 Å². The van der Waals surface area contributed by atoms with Gasteiger partial charge in [0.2, 0.25) is 0 Å². The first-order valence-corrected chi connectivity index (χ1v) is 7.48. The third-order valence-corrected chi connectivity index (χ3v) is 4.33. The second-order valence-corrected chi connectivity index (χ2v) is 6.00. The van der Waals surface area contributed by atoms with Gasteiger partial charge in [-0.15, -0.1) is 0 Å². The fourth-order valence-electron chi connectivity index (χ4n) is 3.05. The summed E-state index contributed by atoms with van der Waals surface area (Å²) in [6.07, 6.45) is 3.80. The van der Waals surface area contributed by atoms with Gasteiger partial charge in [0.1, 0.15) is 0 Å². The van der Waals surface area contributed by atoms with Gasteiger partial charge in [-0.1, -0.05) is 30.3 Å². The van der Waals surface area contributed by atoms with Crippen molar-refractivity contribution in [2.75, 3.05) is 19.7 Å². The standard InChI is InChI=1S/C16H24N2O/c19-12-14-11-18(10-13-4-2-1-3-5-13)9-8-16(14)17-15-6-7-15/h1-5,14-17,19H,6-12H2/t14-,16+/m1/s1. The minimum Gasteiger partial charge on any atom is -0.396 e. The lowest BCUT2D eigenvalue weighted by molar-refractivity contribution is 0.0849. The molecule has 0 spiro atoms. The van der Waals surface area contributed by atoms with Crippen LogP contribution in [-0.4, -0.2) is 41.8 Å². The molecule has 3 nitrogen and oxygen atoms in total. The molecule has 1 aromatic carbocycles. The Kier molecular flexibility index (Phi) is 4.16. The molecule has 19 heavy (non-hydrogen) atoms. The molecular weight excluding hydrogens is 236 g/mol. The molecule has 0 amide bonds. The van der Waals surface area contributed by atoms with Crippen molar-refractivity contribution in [3.05, 3.63) is 35.9 Å². The number of aliphatic hydroxyl groups excluding tert-OH is 1. The fourth-order valence-corrected chi connectivity index (χ4v) is 3.05. The first-order chi connectivity index (χ1) is 9.35. The third-order valence-electron chi connectivity index (χ3n) is 4.33. The zero-order chi connectivity index (χ0) is 13.1. The summed E-state index contributed by atoms with van der Waals surface area (Å²) in [7, 11) is 0. The van der Waals surface area contributed by atoms with E-state index in [0.717, 1.165) is 32.1 Å². The molecule has 2 N–H and O–H groups in total. The maximum absolute atomic E-state index is 9.61. The van der Waals surface area contributed by atoms with Crippen LogP contribution in [0.25, 0.3) is 0 Å². The zero-order valence-corrected chi connectivity index (χ0v) is 11.5. The minimum atomic E-state index is 0.301. The topological polar surface area (TPSA) is 35.5 Å². The SMILES string of the molecule is OC[C@H]1CN(Cc2ccccc2)CC[C@@H]1NC1CC1. The lowest BCUT2D eigenvalue weighted by atomic mass is 9.92. The largest absolute Gasteiger partial charge is 0.396 e. The Labute approximate surface area is 115 Å². The smallest absolute Gasteiger partial charge is 0.0486 e. The summed E-state index contributed by atoms with van der Waals surface area (Å²) < 4.78 is 0. The predicted molar refractivity (Wildman–Crippen MR) is 76.9 cm³/mol. The van der Waals surface area contributed by atoms with Crippen LogP contribution in [0.5, 0.6) is 0 Å². The predicted octanol–water partition coefficient (Wildman–Crippen LogP) is 1.62. The maximum atomic E-state index is 9.61. The number of nitrogens with one attached hydrogen (secondary N) is 1. The maximum Gasteiger partial charge on any atom is 0.0486 e. The van der Waals surface area contributed by atoms with Crippen LogP contribution in [0.2, 0.25) is 0 Å². The van der Waals surface area contributed by atoms with E-state index in [2.05, 4.69) is 40.5 Å². The van der Waals surface area contributed by atoms with Gasteiger partial charge in [0.15, 0.2) is 0 Å². The van der Waals surface area contributed by atoms with Crippen molar-refractivity contribution in [3.63, 3.8) is 0 Å². The monoisotopic (exact) mass is 260 g/mol. The summed E-state index contributed by atoms with van der Waals surface area (Å²) in [6, 6.07) is 11.9. The minimum absolute atomic E-state index is 0.301. The summed E-state index contributed by atoms with van der Waals surface area (Å²) >= 11 is 0. The Morgan fingerprint density at radius 1 is 1.16 bits per heavy atom. The van der Waals surface area contributed by atoms with E-state index in [9.17, 15) is 5.11 Å². The van der Waals surface area contributed by atoms with E-state index in [1.54, 1.807) is 0 Å². The molecule has 2 aliphatic rings. The molecule has 1 saturated carbocycles. The van der Waals surface area contributed by atoms with Crippen molar-refractivity contribution in [1.82, 2.24) is 10.2 Å². The number of likely N-dealkylation sites (tertiary alicyclic amines) is 1. The first-order valence-electron chi connectivity index (χ1n) is 7.48. The van der Waals surface area contributed by atoms with Crippen LogP contribution in [0.15, 0.2) is 30.3 Å². The Hall–Kier alpha value is -0.900. The lowest BCUT2D eigenvalue weighted by Crippen LogP contribution is -2.50. The Morgan fingerprint density at radius 3 is 2.63 bits per heavy atom. The highest BCUT2D eigenvalue weighted by molar-refractivity contribution is 5.14. The molecule has 0 unspecified atom stereocenters. The Balaban J connectivity index is 1.54. The second-order valence-electron chi connectivity index (χ2n) is 6.00. The van der Waals surface area contributed by atoms with Crippen LogP contribution < -0.4 is 5.32 Å². The summed E-state index contributed by atoms with van der Waals surface area (Å²) in [5.74, 6) is 0.387. The highest BCUT2D eigenvalue weighted by Crippen LogP contribution is 2.25. The summed E-state index contributed by atoms with van der Waals surface area (Å²) in [6.45, 7) is 3.45.